The SMILES string of the molecule is COc1cc(/C=C2\C(=O)N(c3ccc(Cl)c(Cl)c3)N=C2C)cc(Cl)c1O. The highest BCUT2D eigenvalue weighted by atomic mass is 35.5. The van der Waals surface area contributed by atoms with E-state index in [0.29, 0.717) is 32.6 Å². The zero-order valence-electron chi connectivity index (χ0n) is 13.8. The first-order valence-corrected chi connectivity index (χ1v) is 8.58. The standard InChI is InChI=1S/C18H13Cl3N2O3/c1-9-12(5-10-6-15(21)17(24)16(7-10)26-2)18(25)23(22-9)11-3-4-13(19)14(20)8-11/h3-8,24H,1-2H3/b12-5-. The number of phenolic OH excluding ortho intramolecular Hbond substituents is 1. The molecule has 0 saturated heterocycles. The van der Waals surface area contributed by atoms with Crippen LogP contribution in [0.1, 0.15) is 12.5 Å². The van der Waals surface area contributed by atoms with Crippen LogP contribution in [0.15, 0.2) is 41.0 Å². The first kappa shape index (κ1) is 18.6. The Kier molecular flexibility index (Phi) is 5.14. The topological polar surface area (TPSA) is 62.1 Å². The number of hydrazone groups is 1. The number of rotatable bonds is 3. The van der Waals surface area contributed by atoms with Crippen LogP contribution in [0.25, 0.3) is 6.08 Å². The Morgan fingerprint density at radius 2 is 1.85 bits per heavy atom. The van der Waals surface area contributed by atoms with Crippen molar-refractivity contribution in [1.29, 1.82) is 0 Å². The molecule has 1 N–H and O–H groups in total. The lowest BCUT2D eigenvalue weighted by Crippen LogP contribution is -2.21. The van der Waals surface area contributed by atoms with E-state index in [1.165, 1.54) is 18.2 Å². The molecule has 1 amide bonds. The van der Waals surface area contributed by atoms with Gasteiger partial charge in [0.2, 0.25) is 0 Å². The summed E-state index contributed by atoms with van der Waals surface area (Å²) in [4.78, 5) is 12.8. The second-order valence-electron chi connectivity index (χ2n) is 5.51. The quantitative estimate of drug-likeness (QED) is 0.709. The molecule has 1 aliphatic rings. The van der Waals surface area contributed by atoms with Crippen molar-refractivity contribution in [3.05, 3.63) is 56.5 Å². The number of ether oxygens (including phenoxy) is 1. The second-order valence-corrected chi connectivity index (χ2v) is 6.73. The molecule has 0 fully saturated rings. The molecule has 0 aliphatic carbocycles. The van der Waals surface area contributed by atoms with Crippen LogP contribution in [0.5, 0.6) is 11.5 Å². The Morgan fingerprint density at radius 3 is 2.50 bits per heavy atom. The average molecular weight is 412 g/mol. The van der Waals surface area contributed by atoms with Crippen LogP contribution < -0.4 is 9.75 Å². The molecular formula is C18H13Cl3N2O3. The number of hydrogen-bond acceptors (Lipinski definition) is 4. The van der Waals surface area contributed by atoms with Crippen LogP contribution in [-0.2, 0) is 4.79 Å². The molecule has 8 heteroatoms. The number of benzene rings is 2. The van der Waals surface area contributed by atoms with Gasteiger partial charge in [-0.25, -0.2) is 0 Å². The maximum atomic E-state index is 12.8. The molecule has 0 radical (unpaired) electrons. The fourth-order valence-electron chi connectivity index (χ4n) is 2.48. The summed E-state index contributed by atoms with van der Waals surface area (Å²) in [6.45, 7) is 1.72. The second kappa shape index (κ2) is 7.19. The van der Waals surface area contributed by atoms with Crippen molar-refractivity contribution in [3.8, 4) is 11.5 Å². The number of methoxy groups -OCH3 is 1. The van der Waals surface area contributed by atoms with Crippen LogP contribution >= 0.6 is 34.8 Å². The molecule has 1 heterocycles. The maximum Gasteiger partial charge on any atom is 0.280 e. The summed E-state index contributed by atoms with van der Waals surface area (Å²) in [6, 6.07) is 7.95. The van der Waals surface area contributed by atoms with E-state index >= 15 is 0 Å². The first-order valence-electron chi connectivity index (χ1n) is 7.45. The Balaban J connectivity index is 1.99. The van der Waals surface area contributed by atoms with E-state index in [0.717, 1.165) is 0 Å². The van der Waals surface area contributed by atoms with Crippen LogP contribution in [0, 0.1) is 0 Å². The van der Waals surface area contributed by atoms with Crippen LogP contribution in [0.3, 0.4) is 0 Å². The van der Waals surface area contributed by atoms with Gasteiger partial charge in [-0.15, -0.1) is 0 Å². The van der Waals surface area contributed by atoms with Crippen LogP contribution in [-0.4, -0.2) is 23.8 Å². The fourth-order valence-corrected chi connectivity index (χ4v) is 2.99. The van der Waals surface area contributed by atoms with E-state index in [-0.39, 0.29) is 22.4 Å². The molecule has 26 heavy (non-hydrogen) atoms. The third kappa shape index (κ3) is 3.38. The van der Waals surface area contributed by atoms with Crippen LogP contribution in [0.2, 0.25) is 15.1 Å². The zero-order valence-corrected chi connectivity index (χ0v) is 16.0. The van der Waals surface area contributed by atoms with Gasteiger partial charge >= 0.3 is 0 Å². The van der Waals surface area contributed by atoms with E-state index in [1.807, 2.05) is 0 Å². The summed E-state index contributed by atoms with van der Waals surface area (Å²) in [6.07, 6.45) is 1.63. The van der Waals surface area contributed by atoms with Gasteiger partial charge in [-0.05, 0) is 48.9 Å². The third-order valence-corrected chi connectivity index (χ3v) is 4.82. The predicted octanol–water partition coefficient (Wildman–Crippen LogP) is 5.17. The minimum atomic E-state index is -0.316. The van der Waals surface area contributed by atoms with E-state index in [1.54, 1.807) is 37.3 Å². The Bertz CT molecular complexity index is 970. The van der Waals surface area contributed by atoms with Gasteiger partial charge in [0.05, 0.1) is 39.1 Å². The molecule has 0 saturated carbocycles. The van der Waals surface area contributed by atoms with Gasteiger partial charge in [-0.3, -0.25) is 4.79 Å². The molecule has 0 unspecified atom stereocenters. The van der Waals surface area contributed by atoms with E-state index in [4.69, 9.17) is 39.5 Å². The zero-order chi connectivity index (χ0) is 19.0. The number of hydrogen-bond donors (Lipinski definition) is 1. The minimum Gasteiger partial charge on any atom is -0.503 e. The maximum absolute atomic E-state index is 12.8. The number of aromatic hydroxyl groups is 1. The predicted molar refractivity (Wildman–Crippen MR) is 105 cm³/mol. The average Bonchev–Trinajstić information content (AvgIpc) is 2.88. The van der Waals surface area contributed by atoms with Crippen molar-refractivity contribution >= 4 is 58.2 Å². The van der Waals surface area contributed by atoms with Crippen molar-refractivity contribution in [2.75, 3.05) is 12.1 Å². The highest BCUT2D eigenvalue weighted by Gasteiger charge is 2.29. The highest BCUT2D eigenvalue weighted by Crippen LogP contribution is 2.36. The van der Waals surface area contributed by atoms with Crippen LogP contribution in [0.4, 0.5) is 5.69 Å². The lowest BCUT2D eigenvalue weighted by atomic mass is 10.1. The Labute approximate surface area is 165 Å². The van der Waals surface area contributed by atoms with E-state index in [2.05, 4.69) is 5.10 Å². The summed E-state index contributed by atoms with van der Waals surface area (Å²) in [5, 5.41) is 16.2. The van der Waals surface area contributed by atoms with Crippen molar-refractivity contribution in [2.45, 2.75) is 6.92 Å². The van der Waals surface area contributed by atoms with Gasteiger partial charge in [0.1, 0.15) is 0 Å². The number of carbonyl (C=O) groups is 1. The van der Waals surface area contributed by atoms with Gasteiger partial charge in [-0.2, -0.15) is 10.1 Å². The molecule has 0 spiro atoms. The van der Waals surface area contributed by atoms with Gasteiger partial charge < -0.3 is 9.84 Å². The third-order valence-electron chi connectivity index (χ3n) is 3.79. The number of anilines is 1. The lowest BCUT2D eigenvalue weighted by molar-refractivity contribution is -0.114. The molecule has 0 bridgehead atoms. The van der Waals surface area contributed by atoms with Crippen molar-refractivity contribution in [3.63, 3.8) is 0 Å². The number of phenols is 1. The summed E-state index contributed by atoms with van der Waals surface area (Å²) >= 11 is 17.9. The molecule has 134 valence electrons. The van der Waals surface area contributed by atoms with Crippen molar-refractivity contribution in [1.82, 2.24) is 0 Å². The van der Waals surface area contributed by atoms with Crippen molar-refractivity contribution < 1.29 is 14.6 Å². The number of halogens is 3. The molecule has 2 aromatic rings. The van der Waals surface area contributed by atoms with Crippen molar-refractivity contribution in [2.24, 2.45) is 5.10 Å². The smallest absolute Gasteiger partial charge is 0.280 e. The van der Waals surface area contributed by atoms with Gasteiger partial charge in [0, 0.05) is 0 Å². The number of nitrogens with zero attached hydrogens (tertiary/aromatic N) is 2. The summed E-state index contributed by atoms with van der Waals surface area (Å²) in [7, 11) is 1.42. The molecule has 2 aromatic carbocycles. The summed E-state index contributed by atoms with van der Waals surface area (Å²) in [5.41, 5.74) is 2.02. The normalized spacial score (nSPS) is 15.6. The minimum absolute atomic E-state index is 0.123. The monoisotopic (exact) mass is 410 g/mol. The number of carbonyl (C=O) groups excluding carboxylic acids is 1. The summed E-state index contributed by atoms with van der Waals surface area (Å²) < 4.78 is 5.08. The van der Waals surface area contributed by atoms with Gasteiger partial charge in [0.15, 0.2) is 11.5 Å². The largest absolute Gasteiger partial charge is 0.503 e. The molecule has 1 aliphatic heterocycles. The van der Waals surface area contributed by atoms with E-state index in [9.17, 15) is 9.90 Å². The lowest BCUT2D eigenvalue weighted by Gasteiger charge is -2.12. The van der Waals surface area contributed by atoms with Gasteiger partial charge in [-0.1, -0.05) is 34.8 Å². The highest BCUT2D eigenvalue weighted by molar-refractivity contribution is 6.42. The fraction of sp³-hybridized carbons (Fsp3) is 0.111. The Hall–Kier alpha value is -2.21. The molecule has 0 atom stereocenters. The molecule has 3 rings (SSSR count). The first-order chi connectivity index (χ1) is 12.3. The molecule has 5 nitrogen and oxygen atoms in total. The van der Waals surface area contributed by atoms with Gasteiger partial charge in [0.25, 0.3) is 5.91 Å². The van der Waals surface area contributed by atoms with E-state index < -0.39 is 0 Å². The Morgan fingerprint density at radius 1 is 1.12 bits per heavy atom. The molecular weight excluding hydrogens is 399 g/mol. The number of amides is 1. The summed E-state index contributed by atoms with van der Waals surface area (Å²) in [5.74, 6) is -0.258. The molecule has 0 aromatic heterocycles.